The third-order valence-electron chi connectivity index (χ3n) is 3.38. The number of amides is 1. The molecule has 1 unspecified atom stereocenters. The summed E-state index contributed by atoms with van der Waals surface area (Å²) < 4.78 is 4.60. The maximum Gasteiger partial charge on any atom is 0.307 e. The van der Waals surface area contributed by atoms with E-state index in [-0.39, 0.29) is 24.3 Å². The maximum absolute atomic E-state index is 12.2. The molecule has 0 aromatic carbocycles. The molecule has 4 nitrogen and oxygen atoms in total. The maximum atomic E-state index is 12.2. The molecule has 1 aromatic heterocycles. The molecule has 0 aliphatic heterocycles. The van der Waals surface area contributed by atoms with E-state index in [9.17, 15) is 9.59 Å². The fraction of sp³-hybridized carbons (Fsp3) is 0.571. The van der Waals surface area contributed by atoms with Gasteiger partial charge in [-0.2, -0.15) is 0 Å². The first kappa shape index (κ1) is 14.1. The van der Waals surface area contributed by atoms with Crippen LogP contribution >= 0.6 is 11.3 Å². The van der Waals surface area contributed by atoms with Crippen molar-refractivity contribution in [3.63, 3.8) is 0 Å². The van der Waals surface area contributed by atoms with E-state index in [0.29, 0.717) is 0 Å². The number of fused-ring (bicyclic) bond motifs is 1. The molecule has 1 aliphatic rings. The Labute approximate surface area is 117 Å². The SMILES string of the molecule is COC(=O)CC(C)NC(=O)c1csc2c1CCCC2. The van der Waals surface area contributed by atoms with Crippen molar-refractivity contribution in [3.8, 4) is 0 Å². The van der Waals surface area contributed by atoms with Crippen molar-refractivity contribution in [2.24, 2.45) is 0 Å². The molecule has 1 heterocycles. The summed E-state index contributed by atoms with van der Waals surface area (Å²) in [4.78, 5) is 24.7. The van der Waals surface area contributed by atoms with Gasteiger partial charge in [0.2, 0.25) is 0 Å². The van der Waals surface area contributed by atoms with Crippen LogP contribution < -0.4 is 5.32 Å². The molecule has 19 heavy (non-hydrogen) atoms. The van der Waals surface area contributed by atoms with Crippen molar-refractivity contribution < 1.29 is 14.3 Å². The molecule has 0 spiro atoms. The van der Waals surface area contributed by atoms with Crippen LogP contribution in [0.3, 0.4) is 0 Å². The number of esters is 1. The predicted molar refractivity (Wildman–Crippen MR) is 74.5 cm³/mol. The summed E-state index contributed by atoms with van der Waals surface area (Å²) in [6.45, 7) is 1.81. The van der Waals surface area contributed by atoms with Gasteiger partial charge >= 0.3 is 5.97 Å². The molecule has 0 saturated heterocycles. The summed E-state index contributed by atoms with van der Waals surface area (Å²) in [6.07, 6.45) is 4.65. The molecule has 1 aromatic rings. The first-order valence-corrected chi connectivity index (χ1v) is 7.46. The molecule has 2 rings (SSSR count). The highest BCUT2D eigenvalue weighted by Gasteiger charge is 2.21. The monoisotopic (exact) mass is 281 g/mol. The number of nitrogens with one attached hydrogen (secondary N) is 1. The fourth-order valence-electron chi connectivity index (χ4n) is 2.37. The van der Waals surface area contributed by atoms with E-state index in [1.165, 1.54) is 24.0 Å². The number of carbonyl (C=O) groups is 2. The van der Waals surface area contributed by atoms with Crippen LogP contribution in [0.4, 0.5) is 0 Å². The number of carbonyl (C=O) groups excluding carboxylic acids is 2. The molecule has 5 heteroatoms. The van der Waals surface area contributed by atoms with Crippen LogP contribution in [0.25, 0.3) is 0 Å². The van der Waals surface area contributed by atoms with Crippen molar-refractivity contribution in [3.05, 3.63) is 21.4 Å². The lowest BCUT2D eigenvalue weighted by Gasteiger charge is -2.15. The van der Waals surface area contributed by atoms with Crippen LogP contribution in [0.5, 0.6) is 0 Å². The molecule has 1 aliphatic carbocycles. The quantitative estimate of drug-likeness (QED) is 0.862. The van der Waals surface area contributed by atoms with Gasteiger partial charge in [-0.1, -0.05) is 0 Å². The van der Waals surface area contributed by atoms with E-state index in [4.69, 9.17) is 0 Å². The van der Waals surface area contributed by atoms with Crippen molar-refractivity contribution in [2.45, 2.75) is 45.1 Å². The molecule has 104 valence electrons. The molecule has 0 radical (unpaired) electrons. The fourth-order valence-corrected chi connectivity index (χ4v) is 3.50. The highest BCUT2D eigenvalue weighted by molar-refractivity contribution is 7.10. The average Bonchev–Trinajstić information content (AvgIpc) is 2.82. The van der Waals surface area contributed by atoms with Gasteiger partial charge in [0.1, 0.15) is 0 Å². The Morgan fingerprint density at radius 1 is 1.42 bits per heavy atom. The number of hydrogen-bond acceptors (Lipinski definition) is 4. The van der Waals surface area contributed by atoms with Crippen molar-refractivity contribution in [1.29, 1.82) is 0 Å². The zero-order chi connectivity index (χ0) is 13.8. The molecular formula is C14H19NO3S. The Balaban J connectivity index is 2.00. The van der Waals surface area contributed by atoms with Gasteiger partial charge < -0.3 is 10.1 Å². The summed E-state index contributed by atoms with van der Waals surface area (Å²) >= 11 is 1.67. The first-order valence-electron chi connectivity index (χ1n) is 6.58. The third-order valence-corrected chi connectivity index (χ3v) is 4.47. The lowest BCUT2D eigenvalue weighted by Crippen LogP contribution is -2.34. The Hall–Kier alpha value is -1.36. The predicted octanol–water partition coefficient (Wildman–Crippen LogP) is 2.31. The highest BCUT2D eigenvalue weighted by atomic mass is 32.1. The summed E-state index contributed by atoms with van der Waals surface area (Å²) in [5.74, 6) is -0.379. The van der Waals surface area contributed by atoms with Crippen LogP contribution in [-0.4, -0.2) is 25.0 Å². The smallest absolute Gasteiger partial charge is 0.307 e. The van der Waals surface area contributed by atoms with E-state index in [1.54, 1.807) is 11.3 Å². The lowest BCUT2D eigenvalue weighted by molar-refractivity contribution is -0.141. The molecule has 1 amide bonds. The van der Waals surface area contributed by atoms with Crippen LogP contribution in [-0.2, 0) is 22.4 Å². The summed E-state index contributed by atoms with van der Waals surface area (Å²) in [6, 6.07) is -0.209. The minimum atomic E-state index is -0.305. The summed E-state index contributed by atoms with van der Waals surface area (Å²) in [7, 11) is 1.35. The molecule has 1 atom stereocenters. The standard InChI is InChI=1S/C14H19NO3S/c1-9(7-13(16)18-2)15-14(17)11-8-19-12-6-4-3-5-10(11)12/h8-9H,3-7H2,1-2H3,(H,15,17). The molecular weight excluding hydrogens is 262 g/mol. The topological polar surface area (TPSA) is 55.4 Å². The zero-order valence-corrected chi connectivity index (χ0v) is 12.1. The third kappa shape index (κ3) is 3.35. The van der Waals surface area contributed by atoms with Crippen LogP contribution in [0.15, 0.2) is 5.38 Å². The Bertz CT molecular complexity index is 481. The van der Waals surface area contributed by atoms with E-state index in [1.807, 2.05) is 12.3 Å². The van der Waals surface area contributed by atoms with Gasteiger partial charge in [-0.3, -0.25) is 9.59 Å². The minimum Gasteiger partial charge on any atom is -0.469 e. The van der Waals surface area contributed by atoms with E-state index < -0.39 is 0 Å². The minimum absolute atomic E-state index is 0.0733. The number of hydrogen-bond donors (Lipinski definition) is 1. The van der Waals surface area contributed by atoms with E-state index in [2.05, 4.69) is 10.1 Å². The second-order valence-electron chi connectivity index (χ2n) is 4.91. The van der Waals surface area contributed by atoms with Gasteiger partial charge in [0.15, 0.2) is 0 Å². The van der Waals surface area contributed by atoms with Gasteiger partial charge in [0, 0.05) is 16.3 Å². The Kier molecular flexibility index (Phi) is 4.58. The average molecular weight is 281 g/mol. The van der Waals surface area contributed by atoms with Crippen molar-refractivity contribution in [1.82, 2.24) is 5.32 Å². The van der Waals surface area contributed by atoms with Gasteiger partial charge in [-0.15, -0.1) is 11.3 Å². The lowest BCUT2D eigenvalue weighted by atomic mass is 9.95. The normalized spacial score (nSPS) is 15.5. The first-order chi connectivity index (χ1) is 9.11. The molecule has 0 bridgehead atoms. The summed E-state index contributed by atoms with van der Waals surface area (Å²) in [5.41, 5.74) is 2.00. The van der Waals surface area contributed by atoms with Gasteiger partial charge in [-0.25, -0.2) is 0 Å². The number of ether oxygens (including phenoxy) is 1. The van der Waals surface area contributed by atoms with Crippen LogP contribution in [0, 0.1) is 0 Å². The molecule has 0 fully saturated rings. The van der Waals surface area contributed by atoms with Crippen LogP contribution in [0.2, 0.25) is 0 Å². The van der Waals surface area contributed by atoms with Gasteiger partial charge in [0.25, 0.3) is 5.91 Å². The summed E-state index contributed by atoms with van der Waals surface area (Å²) in [5, 5.41) is 4.81. The van der Waals surface area contributed by atoms with E-state index in [0.717, 1.165) is 24.8 Å². The second kappa shape index (κ2) is 6.19. The second-order valence-corrected chi connectivity index (χ2v) is 5.88. The number of thiophene rings is 1. The Morgan fingerprint density at radius 3 is 2.89 bits per heavy atom. The number of rotatable bonds is 4. The van der Waals surface area contributed by atoms with E-state index >= 15 is 0 Å². The van der Waals surface area contributed by atoms with Crippen molar-refractivity contribution in [2.75, 3.05) is 7.11 Å². The van der Waals surface area contributed by atoms with Gasteiger partial charge in [0.05, 0.1) is 19.1 Å². The molecule has 1 N–H and O–H groups in total. The zero-order valence-electron chi connectivity index (χ0n) is 11.3. The highest BCUT2D eigenvalue weighted by Crippen LogP contribution is 2.30. The van der Waals surface area contributed by atoms with Gasteiger partial charge in [-0.05, 0) is 38.2 Å². The van der Waals surface area contributed by atoms with Crippen molar-refractivity contribution >= 4 is 23.2 Å². The number of methoxy groups -OCH3 is 1. The number of aryl methyl sites for hydroxylation is 1. The molecule has 0 saturated carbocycles. The largest absolute Gasteiger partial charge is 0.469 e. The van der Waals surface area contributed by atoms with Crippen LogP contribution in [0.1, 0.15) is 47.0 Å². The Morgan fingerprint density at radius 2 is 2.16 bits per heavy atom.